The lowest BCUT2D eigenvalue weighted by Gasteiger charge is -2.16. The Hall–Kier alpha value is -0.930. The van der Waals surface area contributed by atoms with E-state index >= 15 is 0 Å². The minimum atomic E-state index is 0.889. The van der Waals surface area contributed by atoms with Gasteiger partial charge in [-0.3, -0.25) is 9.88 Å². The summed E-state index contributed by atoms with van der Waals surface area (Å²) in [4.78, 5) is 7.34. The predicted octanol–water partition coefficient (Wildman–Crippen LogP) is 3.20. The molecule has 2 heterocycles. The van der Waals surface area contributed by atoms with E-state index in [2.05, 4.69) is 42.3 Å². The van der Waals surface area contributed by atoms with Crippen LogP contribution in [-0.4, -0.2) is 29.5 Å². The SMILES string of the molecule is CCCNCc1cccc(CN2CCC(CCC)C2)n1. The molecule has 1 fully saturated rings. The van der Waals surface area contributed by atoms with Crippen molar-refractivity contribution in [2.24, 2.45) is 5.92 Å². The van der Waals surface area contributed by atoms with Crippen molar-refractivity contribution in [2.75, 3.05) is 19.6 Å². The van der Waals surface area contributed by atoms with Crippen molar-refractivity contribution < 1.29 is 0 Å². The van der Waals surface area contributed by atoms with Crippen LogP contribution in [0.3, 0.4) is 0 Å². The summed E-state index contributed by atoms with van der Waals surface area (Å²) in [5.74, 6) is 0.911. The number of hydrogen-bond acceptors (Lipinski definition) is 3. The van der Waals surface area contributed by atoms with Crippen LogP contribution in [0.1, 0.15) is 50.9 Å². The zero-order valence-electron chi connectivity index (χ0n) is 13.1. The van der Waals surface area contributed by atoms with E-state index in [0.29, 0.717) is 0 Å². The van der Waals surface area contributed by atoms with Gasteiger partial charge in [-0.1, -0.05) is 26.3 Å². The smallest absolute Gasteiger partial charge is 0.0547 e. The first-order valence-electron chi connectivity index (χ1n) is 8.19. The molecule has 0 radical (unpaired) electrons. The van der Waals surface area contributed by atoms with E-state index in [1.54, 1.807) is 0 Å². The highest BCUT2D eigenvalue weighted by molar-refractivity contribution is 5.11. The molecule has 1 aliphatic heterocycles. The van der Waals surface area contributed by atoms with Gasteiger partial charge in [-0.2, -0.15) is 0 Å². The van der Waals surface area contributed by atoms with Gasteiger partial charge in [-0.15, -0.1) is 0 Å². The fraction of sp³-hybridized carbons (Fsp3) is 0.706. The maximum Gasteiger partial charge on any atom is 0.0547 e. The van der Waals surface area contributed by atoms with Crippen LogP contribution in [0.5, 0.6) is 0 Å². The van der Waals surface area contributed by atoms with Gasteiger partial charge in [0, 0.05) is 19.6 Å². The van der Waals surface area contributed by atoms with Crippen LogP contribution in [-0.2, 0) is 13.1 Å². The molecule has 0 bridgehead atoms. The average molecular weight is 275 g/mol. The molecule has 1 unspecified atom stereocenters. The number of likely N-dealkylation sites (tertiary alicyclic amines) is 1. The van der Waals surface area contributed by atoms with Gasteiger partial charge in [0.05, 0.1) is 11.4 Å². The van der Waals surface area contributed by atoms with Gasteiger partial charge in [0.15, 0.2) is 0 Å². The summed E-state index contributed by atoms with van der Waals surface area (Å²) in [6.07, 6.45) is 5.23. The Balaban J connectivity index is 1.82. The molecule has 0 spiro atoms. The minimum absolute atomic E-state index is 0.889. The quantitative estimate of drug-likeness (QED) is 0.738. The third-order valence-corrected chi connectivity index (χ3v) is 4.05. The number of nitrogens with one attached hydrogen (secondary N) is 1. The van der Waals surface area contributed by atoms with Crippen LogP contribution in [0.2, 0.25) is 0 Å². The van der Waals surface area contributed by atoms with Crippen LogP contribution in [0.25, 0.3) is 0 Å². The molecular weight excluding hydrogens is 246 g/mol. The molecule has 20 heavy (non-hydrogen) atoms. The van der Waals surface area contributed by atoms with Gasteiger partial charge >= 0.3 is 0 Å². The second-order valence-electron chi connectivity index (χ2n) is 5.98. The van der Waals surface area contributed by atoms with E-state index in [4.69, 9.17) is 4.98 Å². The monoisotopic (exact) mass is 275 g/mol. The largest absolute Gasteiger partial charge is 0.311 e. The first kappa shape index (κ1) is 15.5. The molecule has 3 nitrogen and oxygen atoms in total. The highest BCUT2D eigenvalue weighted by Crippen LogP contribution is 2.22. The number of pyridine rings is 1. The lowest BCUT2D eigenvalue weighted by atomic mass is 10.0. The van der Waals surface area contributed by atoms with Gasteiger partial charge < -0.3 is 5.32 Å². The summed E-state index contributed by atoms with van der Waals surface area (Å²) in [5.41, 5.74) is 2.39. The van der Waals surface area contributed by atoms with Crippen molar-refractivity contribution in [1.29, 1.82) is 0 Å². The van der Waals surface area contributed by atoms with E-state index in [9.17, 15) is 0 Å². The summed E-state index contributed by atoms with van der Waals surface area (Å²) in [5, 5.41) is 3.42. The molecule has 0 amide bonds. The summed E-state index contributed by atoms with van der Waals surface area (Å²) < 4.78 is 0. The molecule has 1 aromatic rings. The molecule has 112 valence electrons. The van der Waals surface area contributed by atoms with Crippen molar-refractivity contribution >= 4 is 0 Å². The van der Waals surface area contributed by atoms with Gasteiger partial charge in [0.1, 0.15) is 0 Å². The van der Waals surface area contributed by atoms with E-state index in [0.717, 1.165) is 25.6 Å². The molecule has 1 saturated heterocycles. The van der Waals surface area contributed by atoms with Crippen LogP contribution in [0.4, 0.5) is 0 Å². The predicted molar refractivity (Wildman–Crippen MR) is 84.5 cm³/mol. The second-order valence-corrected chi connectivity index (χ2v) is 5.98. The highest BCUT2D eigenvalue weighted by atomic mass is 15.1. The topological polar surface area (TPSA) is 28.2 Å². The van der Waals surface area contributed by atoms with Crippen molar-refractivity contribution in [3.05, 3.63) is 29.6 Å². The Morgan fingerprint density at radius 3 is 2.90 bits per heavy atom. The van der Waals surface area contributed by atoms with E-state index in [1.807, 2.05) is 0 Å². The van der Waals surface area contributed by atoms with Gasteiger partial charge in [-0.25, -0.2) is 0 Å². The Labute approximate surface area is 123 Å². The van der Waals surface area contributed by atoms with Gasteiger partial charge in [-0.05, 0) is 50.4 Å². The minimum Gasteiger partial charge on any atom is -0.311 e. The van der Waals surface area contributed by atoms with Crippen LogP contribution in [0.15, 0.2) is 18.2 Å². The van der Waals surface area contributed by atoms with Crippen molar-refractivity contribution in [3.8, 4) is 0 Å². The molecule has 0 aliphatic carbocycles. The van der Waals surface area contributed by atoms with Crippen molar-refractivity contribution in [1.82, 2.24) is 15.2 Å². The maximum absolute atomic E-state index is 4.77. The highest BCUT2D eigenvalue weighted by Gasteiger charge is 2.21. The van der Waals surface area contributed by atoms with Crippen LogP contribution >= 0.6 is 0 Å². The molecular formula is C17H29N3. The Kier molecular flexibility index (Phi) is 6.48. The Morgan fingerprint density at radius 2 is 2.10 bits per heavy atom. The van der Waals surface area contributed by atoms with Crippen molar-refractivity contribution in [2.45, 2.75) is 52.6 Å². The molecule has 3 heteroatoms. The molecule has 1 aromatic heterocycles. The van der Waals surface area contributed by atoms with E-state index in [1.165, 1.54) is 50.2 Å². The molecule has 0 saturated carbocycles. The third-order valence-electron chi connectivity index (χ3n) is 4.05. The first-order valence-corrected chi connectivity index (χ1v) is 8.19. The average Bonchev–Trinajstić information content (AvgIpc) is 2.87. The second kappa shape index (κ2) is 8.38. The van der Waals surface area contributed by atoms with Crippen LogP contribution in [0, 0.1) is 5.92 Å². The van der Waals surface area contributed by atoms with E-state index in [-0.39, 0.29) is 0 Å². The lowest BCUT2D eigenvalue weighted by Crippen LogP contribution is -2.21. The summed E-state index contributed by atoms with van der Waals surface area (Å²) in [6, 6.07) is 6.43. The lowest BCUT2D eigenvalue weighted by molar-refractivity contribution is 0.309. The normalized spacial score (nSPS) is 19.6. The first-order chi connectivity index (χ1) is 9.81. The zero-order chi connectivity index (χ0) is 14.2. The van der Waals surface area contributed by atoms with Gasteiger partial charge in [0.2, 0.25) is 0 Å². The molecule has 1 aliphatic rings. The summed E-state index contributed by atoms with van der Waals surface area (Å²) in [7, 11) is 0. The fourth-order valence-corrected chi connectivity index (χ4v) is 3.04. The third kappa shape index (κ3) is 4.88. The Bertz CT molecular complexity index is 392. The molecule has 0 aromatic carbocycles. The number of nitrogens with zero attached hydrogens (tertiary/aromatic N) is 2. The summed E-state index contributed by atoms with van der Waals surface area (Å²) in [6.45, 7) is 9.95. The van der Waals surface area contributed by atoms with E-state index < -0.39 is 0 Å². The zero-order valence-corrected chi connectivity index (χ0v) is 13.1. The standard InChI is InChI=1S/C17H29N3/c1-3-6-15-9-11-20(13-15)14-17-8-5-7-16(19-17)12-18-10-4-2/h5,7-8,15,18H,3-4,6,9-14H2,1-2H3. The van der Waals surface area contributed by atoms with Gasteiger partial charge in [0.25, 0.3) is 0 Å². The Morgan fingerprint density at radius 1 is 1.25 bits per heavy atom. The van der Waals surface area contributed by atoms with Crippen LogP contribution < -0.4 is 5.32 Å². The molecule has 2 rings (SSSR count). The number of hydrogen-bond donors (Lipinski definition) is 1. The maximum atomic E-state index is 4.77. The fourth-order valence-electron chi connectivity index (χ4n) is 3.04. The number of aromatic nitrogens is 1. The molecule has 1 N–H and O–H groups in total. The number of rotatable bonds is 8. The molecule has 1 atom stereocenters. The summed E-state index contributed by atoms with van der Waals surface area (Å²) >= 11 is 0. The van der Waals surface area contributed by atoms with Crippen molar-refractivity contribution in [3.63, 3.8) is 0 Å².